The normalized spacial score (nSPS) is 17.1. The maximum atomic E-state index is 14.2. The first kappa shape index (κ1) is 44.7. The first-order valence-corrected chi connectivity index (χ1v) is 18.8. The van der Waals surface area contributed by atoms with E-state index in [1.54, 1.807) is 32.9 Å². The molecular weight excluding hydrogens is 726 g/mol. The first-order valence-electron chi connectivity index (χ1n) is 18.8. The molecule has 1 aliphatic heterocycles. The lowest BCUT2D eigenvalue weighted by molar-refractivity contribution is -0.149. The number of nitrogens with one attached hydrogen (secondary N) is 5. The number of aromatic amines is 1. The van der Waals surface area contributed by atoms with Crippen LogP contribution in [0.2, 0.25) is 0 Å². The van der Waals surface area contributed by atoms with E-state index in [1.165, 1.54) is 29.6 Å². The Morgan fingerprint density at radius 3 is 2.16 bits per heavy atom. The van der Waals surface area contributed by atoms with Gasteiger partial charge in [-0.2, -0.15) is 0 Å². The molecule has 2 aromatic rings. The van der Waals surface area contributed by atoms with E-state index in [9.17, 15) is 39.0 Å². The summed E-state index contributed by atoms with van der Waals surface area (Å²) in [5.41, 5.74) is 17.9. The highest BCUT2D eigenvalue weighted by molar-refractivity contribution is 5.96. The van der Waals surface area contributed by atoms with Crippen LogP contribution in [0.25, 0.3) is 0 Å². The van der Waals surface area contributed by atoms with E-state index in [0.29, 0.717) is 30.5 Å². The molecule has 1 aromatic carbocycles. The third-order valence-electron chi connectivity index (χ3n) is 9.77. The van der Waals surface area contributed by atoms with E-state index in [1.807, 2.05) is 6.92 Å². The SMILES string of the molecule is CC[C@H](C)[C@H](NC(=O)[C@H](Cc1ccc(O)cc1)NC(=O)[C@@H](NC(=O)[C@@H](N)CCCN=C(N)N)C(C)C)C(=O)N[C@@H](Cc1cnc[nH]1)C(=O)N1CCC[C@H]1C(=O)O. The van der Waals surface area contributed by atoms with E-state index >= 15 is 0 Å². The molecule has 0 bridgehead atoms. The number of carbonyl (C=O) groups excluding carboxylic acids is 5. The average molecular weight is 784 g/mol. The summed E-state index contributed by atoms with van der Waals surface area (Å²) in [6.07, 6.45) is 4.70. The minimum absolute atomic E-state index is 0.00708. The summed E-state index contributed by atoms with van der Waals surface area (Å²) in [4.78, 5) is 92.8. The molecule has 19 nitrogen and oxygen atoms in total. The lowest BCUT2D eigenvalue weighted by atomic mass is 9.96. The van der Waals surface area contributed by atoms with Crippen LogP contribution in [-0.4, -0.2) is 116 Å². The van der Waals surface area contributed by atoms with Crippen molar-refractivity contribution in [2.45, 2.75) is 109 Å². The van der Waals surface area contributed by atoms with Crippen molar-refractivity contribution in [2.24, 2.45) is 34.0 Å². The summed E-state index contributed by atoms with van der Waals surface area (Å²) in [7, 11) is 0. The minimum atomic E-state index is -1.26. The average Bonchev–Trinajstić information content (AvgIpc) is 3.87. The smallest absolute Gasteiger partial charge is 0.326 e. The minimum Gasteiger partial charge on any atom is -0.508 e. The Kier molecular flexibility index (Phi) is 17.1. The Balaban J connectivity index is 1.85. The fourth-order valence-electron chi connectivity index (χ4n) is 6.31. The number of nitrogens with zero attached hydrogens (tertiary/aromatic N) is 3. The summed E-state index contributed by atoms with van der Waals surface area (Å²) < 4.78 is 0. The molecule has 0 saturated carbocycles. The number of aromatic nitrogens is 2. The molecule has 1 aliphatic rings. The molecule has 2 heterocycles. The zero-order chi connectivity index (χ0) is 41.5. The largest absolute Gasteiger partial charge is 0.508 e. The summed E-state index contributed by atoms with van der Waals surface area (Å²) in [5, 5.41) is 30.5. The highest BCUT2D eigenvalue weighted by atomic mass is 16.4. The van der Waals surface area contributed by atoms with Crippen molar-refractivity contribution in [3.05, 3.63) is 48.0 Å². The zero-order valence-electron chi connectivity index (χ0n) is 32.4. The number of phenols is 1. The van der Waals surface area contributed by atoms with Gasteiger partial charge in [0.15, 0.2) is 5.96 Å². The fraction of sp³-hybridized carbons (Fsp3) is 0.568. The molecule has 1 saturated heterocycles. The van der Waals surface area contributed by atoms with Crippen LogP contribution in [0.15, 0.2) is 41.8 Å². The molecule has 0 unspecified atom stereocenters. The highest BCUT2D eigenvalue weighted by Gasteiger charge is 2.40. The molecule has 0 radical (unpaired) electrons. The topological polar surface area (TPSA) is 313 Å². The van der Waals surface area contributed by atoms with Crippen LogP contribution in [0, 0.1) is 11.8 Å². The van der Waals surface area contributed by atoms with Gasteiger partial charge in [0.2, 0.25) is 29.5 Å². The quantitative estimate of drug-likeness (QED) is 0.0414. The van der Waals surface area contributed by atoms with Crippen LogP contribution in [0.1, 0.15) is 71.1 Å². The number of phenolic OH excluding ortho intramolecular Hbond substituents is 1. The number of carboxylic acid groups (broad SMARTS) is 1. The van der Waals surface area contributed by atoms with Gasteiger partial charge in [0.05, 0.1) is 12.4 Å². The number of benzene rings is 1. The fourth-order valence-corrected chi connectivity index (χ4v) is 6.31. The standard InChI is InChI=1S/C37H57N11O8/c1-5-21(4)30(34(53)45-27(17-23-18-41-19-43-23)35(54)48-15-7-9-28(48)36(55)56)47-32(51)26(16-22-10-12-24(49)13-11-22)44-33(52)29(20(2)3)46-31(50)25(38)8-6-14-42-37(39)40/h10-13,18-21,25-30,49H,5-9,14-17,38H2,1-4H3,(H,41,43)(H,44,52)(H,45,53)(H,46,50)(H,47,51)(H,55,56)(H4,39,40,42)/t21-,25-,26-,27-,28-,29-,30-/m0/s1. The van der Waals surface area contributed by atoms with Crippen LogP contribution in [0.5, 0.6) is 5.75 Å². The Morgan fingerprint density at radius 2 is 1.57 bits per heavy atom. The van der Waals surface area contributed by atoms with Crippen molar-refractivity contribution in [3.63, 3.8) is 0 Å². The van der Waals surface area contributed by atoms with Gasteiger partial charge in [0, 0.05) is 37.8 Å². The molecule has 13 N–H and O–H groups in total. The van der Waals surface area contributed by atoms with Gasteiger partial charge in [0.25, 0.3) is 0 Å². The second-order valence-corrected chi connectivity index (χ2v) is 14.5. The van der Waals surface area contributed by atoms with Crippen LogP contribution >= 0.6 is 0 Å². The molecule has 308 valence electrons. The van der Waals surface area contributed by atoms with Crippen molar-refractivity contribution >= 4 is 41.5 Å². The predicted molar refractivity (Wildman–Crippen MR) is 206 cm³/mol. The Morgan fingerprint density at radius 1 is 0.929 bits per heavy atom. The number of imidazole rings is 1. The Bertz CT molecular complexity index is 1660. The van der Waals surface area contributed by atoms with Crippen molar-refractivity contribution in [1.29, 1.82) is 0 Å². The van der Waals surface area contributed by atoms with E-state index in [4.69, 9.17) is 17.2 Å². The van der Waals surface area contributed by atoms with Crippen molar-refractivity contribution in [1.82, 2.24) is 36.1 Å². The van der Waals surface area contributed by atoms with E-state index in [0.717, 1.165) is 0 Å². The van der Waals surface area contributed by atoms with E-state index in [-0.39, 0.29) is 50.5 Å². The number of guanidine groups is 1. The second kappa shape index (κ2) is 21.4. The first-order chi connectivity index (χ1) is 26.5. The van der Waals surface area contributed by atoms with Gasteiger partial charge in [0.1, 0.15) is 36.0 Å². The molecule has 0 spiro atoms. The Labute approximate surface area is 326 Å². The molecule has 3 rings (SSSR count). The summed E-state index contributed by atoms with van der Waals surface area (Å²) in [6.45, 7) is 7.48. The van der Waals surface area contributed by atoms with Gasteiger partial charge in [-0.3, -0.25) is 29.0 Å². The van der Waals surface area contributed by atoms with Crippen LogP contribution in [0.3, 0.4) is 0 Å². The molecule has 1 aromatic heterocycles. The number of rotatable bonds is 21. The Hall–Kier alpha value is -5.72. The van der Waals surface area contributed by atoms with E-state index in [2.05, 4.69) is 36.2 Å². The number of carboxylic acids is 1. The van der Waals surface area contributed by atoms with E-state index < -0.39 is 83.6 Å². The third kappa shape index (κ3) is 13.2. The van der Waals surface area contributed by atoms with Crippen molar-refractivity contribution in [3.8, 4) is 5.75 Å². The molecular formula is C37H57N11O8. The number of hydrogen-bond acceptors (Lipinski definition) is 10. The molecule has 0 aliphatic carbocycles. The van der Waals surface area contributed by atoms with Gasteiger partial charge in [-0.1, -0.05) is 46.2 Å². The van der Waals surface area contributed by atoms with Crippen molar-refractivity contribution < 1.29 is 39.0 Å². The van der Waals surface area contributed by atoms with Crippen LogP contribution < -0.4 is 38.5 Å². The number of likely N-dealkylation sites (tertiary alicyclic amines) is 1. The van der Waals surface area contributed by atoms with Gasteiger partial charge in [-0.25, -0.2) is 9.78 Å². The van der Waals surface area contributed by atoms with Crippen LogP contribution in [-0.2, 0) is 41.6 Å². The number of nitrogens with two attached hydrogens (primary N) is 3. The molecule has 56 heavy (non-hydrogen) atoms. The van der Waals surface area contributed by atoms with Crippen molar-refractivity contribution in [2.75, 3.05) is 13.1 Å². The molecule has 7 atom stereocenters. The molecule has 19 heteroatoms. The number of carbonyl (C=O) groups is 6. The lowest BCUT2D eigenvalue weighted by Crippen LogP contribution is -2.61. The predicted octanol–water partition coefficient (Wildman–Crippen LogP) is -1.00. The van der Waals surface area contributed by atoms with Gasteiger partial charge >= 0.3 is 5.97 Å². The summed E-state index contributed by atoms with van der Waals surface area (Å²) >= 11 is 0. The maximum absolute atomic E-state index is 14.2. The second-order valence-electron chi connectivity index (χ2n) is 14.5. The third-order valence-corrected chi connectivity index (χ3v) is 9.77. The van der Waals surface area contributed by atoms with Gasteiger partial charge in [-0.15, -0.1) is 0 Å². The number of amides is 5. The number of aromatic hydroxyl groups is 1. The lowest BCUT2D eigenvalue weighted by Gasteiger charge is -2.31. The summed E-state index contributed by atoms with van der Waals surface area (Å²) in [5.74, 6) is -5.37. The monoisotopic (exact) mass is 783 g/mol. The summed E-state index contributed by atoms with van der Waals surface area (Å²) in [6, 6.07) is -0.708. The number of H-pyrrole nitrogens is 1. The van der Waals surface area contributed by atoms with Gasteiger partial charge < -0.3 is 58.6 Å². The highest BCUT2D eigenvalue weighted by Crippen LogP contribution is 2.20. The van der Waals surface area contributed by atoms with Crippen LogP contribution in [0.4, 0.5) is 0 Å². The maximum Gasteiger partial charge on any atom is 0.326 e. The van der Waals surface area contributed by atoms with Gasteiger partial charge in [-0.05, 0) is 55.2 Å². The number of hydrogen-bond donors (Lipinski definition) is 10. The number of aliphatic carboxylic acids is 1. The molecule has 1 fully saturated rings. The number of aliphatic imine (C=N–C) groups is 1. The molecule has 5 amide bonds. The zero-order valence-corrected chi connectivity index (χ0v) is 32.4.